The fourth-order valence-electron chi connectivity index (χ4n) is 1.21. The highest BCUT2D eigenvalue weighted by Gasteiger charge is 2.13. The molecule has 0 aliphatic rings. The Morgan fingerprint density at radius 2 is 1.84 bits per heavy atom. The molecule has 0 bridgehead atoms. The Bertz CT molecular complexity index is 512. The molecule has 7 nitrogen and oxygen atoms in total. The lowest BCUT2D eigenvalue weighted by Gasteiger charge is -2.08. The summed E-state index contributed by atoms with van der Waals surface area (Å²) in [6.07, 6.45) is 0. The second-order valence-electron chi connectivity index (χ2n) is 3.63. The first-order valence-corrected chi connectivity index (χ1v) is 6.94. The lowest BCUT2D eigenvalue weighted by Crippen LogP contribution is -2.25. The first-order chi connectivity index (χ1) is 8.95. The molecule has 0 aromatic heterocycles. The van der Waals surface area contributed by atoms with E-state index in [4.69, 9.17) is 9.57 Å². The first-order valence-electron chi connectivity index (χ1n) is 5.46. The van der Waals surface area contributed by atoms with Crippen molar-refractivity contribution in [3.8, 4) is 0 Å². The molecule has 0 fully saturated rings. The van der Waals surface area contributed by atoms with Crippen LogP contribution in [0.25, 0.3) is 0 Å². The molecule has 19 heavy (non-hydrogen) atoms. The van der Waals surface area contributed by atoms with Crippen LogP contribution < -0.4 is 10.2 Å². The van der Waals surface area contributed by atoms with E-state index in [2.05, 4.69) is 5.32 Å². The van der Waals surface area contributed by atoms with Crippen LogP contribution in [0.3, 0.4) is 0 Å². The highest BCUT2D eigenvalue weighted by atomic mass is 32.2. The molecule has 0 atom stereocenters. The van der Waals surface area contributed by atoms with Gasteiger partial charge in [-0.25, -0.2) is 8.42 Å². The summed E-state index contributed by atoms with van der Waals surface area (Å²) in [5.74, 6) is -0.225. The van der Waals surface area contributed by atoms with Crippen molar-refractivity contribution in [2.45, 2.75) is 11.8 Å². The number of amides is 1. The summed E-state index contributed by atoms with van der Waals surface area (Å²) in [7, 11) is -2.24. The fourth-order valence-corrected chi connectivity index (χ4v) is 2.04. The van der Waals surface area contributed by atoms with Gasteiger partial charge >= 0.3 is 0 Å². The molecule has 0 aliphatic carbocycles. The standard InChI is InChI=1S/C11H16N2O5S/c1-9(14)12-10-3-5-11(6-4-10)19(15,16)13-18-8-7-17-2/h3-6,13H,7-8H2,1-2H3,(H,12,14). The Kier molecular flexibility index (Phi) is 5.90. The van der Waals surface area contributed by atoms with E-state index >= 15 is 0 Å². The molecule has 2 N–H and O–H groups in total. The highest BCUT2D eigenvalue weighted by Crippen LogP contribution is 2.13. The molecule has 106 valence electrons. The zero-order valence-electron chi connectivity index (χ0n) is 10.7. The predicted molar refractivity (Wildman–Crippen MR) is 68.9 cm³/mol. The summed E-state index contributed by atoms with van der Waals surface area (Å²) in [6.45, 7) is 1.76. The summed E-state index contributed by atoms with van der Waals surface area (Å²) in [6, 6.07) is 5.72. The highest BCUT2D eigenvalue weighted by molar-refractivity contribution is 7.89. The number of nitrogens with one attached hydrogen (secondary N) is 2. The fraction of sp³-hybridized carbons (Fsp3) is 0.364. The number of carbonyl (C=O) groups excluding carboxylic acids is 1. The van der Waals surface area contributed by atoms with Crippen LogP contribution in [-0.4, -0.2) is 34.6 Å². The van der Waals surface area contributed by atoms with Gasteiger partial charge in [-0.2, -0.15) is 0 Å². The average Bonchev–Trinajstić information content (AvgIpc) is 2.35. The van der Waals surface area contributed by atoms with Crippen molar-refractivity contribution in [3.63, 3.8) is 0 Å². The lowest BCUT2D eigenvalue weighted by molar-refractivity contribution is -0.114. The first kappa shape index (κ1) is 15.6. The molecular weight excluding hydrogens is 272 g/mol. The molecule has 0 saturated carbocycles. The number of hydrogen-bond acceptors (Lipinski definition) is 5. The van der Waals surface area contributed by atoms with Gasteiger partial charge in [-0.05, 0) is 24.3 Å². The smallest absolute Gasteiger partial charge is 0.262 e. The molecule has 0 spiro atoms. The minimum atomic E-state index is -3.73. The monoisotopic (exact) mass is 288 g/mol. The number of carbonyl (C=O) groups is 1. The van der Waals surface area contributed by atoms with Crippen molar-refractivity contribution in [2.75, 3.05) is 25.6 Å². The average molecular weight is 288 g/mol. The van der Waals surface area contributed by atoms with Crippen LogP contribution in [0.1, 0.15) is 6.92 Å². The number of benzene rings is 1. The molecule has 0 heterocycles. The van der Waals surface area contributed by atoms with Crippen LogP contribution >= 0.6 is 0 Å². The summed E-state index contributed by atoms with van der Waals surface area (Å²) in [5.41, 5.74) is 0.520. The topological polar surface area (TPSA) is 93.7 Å². The molecule has 1 aromatic carbocycles. The van der Waals surface area contributed by atoms with Crippen LogP contribution in [-0.2, 0) is 24.4 Å². The molecule has 0 aliphatic heterocycles. The molecule has 0 saturated heterocycles. The van der Waals surface area contributed by atoms with Gasteiger partial charge in [-0.3, -0.25) is 9.63 Å². The van der Waals surface area contributed by atoms with Gasteiger partial charge in [0.25, 0.3) is 10.0 Å². The van der Waals surface area contributed by atoms with Crippen molar-refractivity contribution in [2.24, 2.45) is 0 Å². The van der Waals surface area contributed by atoms with Crippen molar-refractivity contribution < 1.29 is 22.8 Å². The van der Waals surface area contributed by atoms with E-state index in [9.17, 15) is 13.2 Å². The van der Waals surface area contributed by atoms with E-state index < -0.39 is 10.0 Å². The Morgan fingerprint density at radius 1 is 1.21 bits per heavy atom. The summed E-state index contributed by atoms with van der Waals surface area (Å²) >= 11 is 0. The third-order valence-electron chi connectivity index (χ3n) is 2.04. The van der Waals surface area contributed by atoms with E-state index in [-0.39, 0.29) is 24.0 Å². The summed E-state index contributed by atoms with van der Waals surface area (Å²) in [5, 5.41) is 2.54. The van der Waals surface area contributed by atoms with Crippen LogP contribution in [0.15, 0.2) is 29.2 Å². The Morgan fingerprint density at radius 3 is 2.37 bits per heavy atom. The van der Waals surface area contributed by atoms with E-state index in [0.717, 1.165) is 0 Å². The quantitative estimate of drug-likeness (QED) is 0.563. The van der Waals surface area contributed by atoms with Crippen molar-refractivity contribution in [1.29, 1.82) is 0 Å². The van der Waals surface area contributed by atoms with Crippen molar-refractivity contribution in [3.05, 3.63) is 24.3 Å². The molecule has 1 amide bonds. The maximum absolute atomic E-state index is 11.8. The number of anilines is 1. The van der Waals surface area contributed by atoms with E-state index in [1.54, 1.807) is 0 Å². The molecule has 0 unspecified atom stereocenters. The minimum absolute atomic E-state index is 0.0408. The predicted octanol–water partition coefficient (Wildman–Crippen LogP) is 0.501. The van der Waals surface area contributed by atoms with Gasteiger partial charge in [-0.1, -0.05) is 4.89 Å². The van der Waals surface area contributed by atoms with E-state index in [1.165, 1.54) is 38.3 Å². The maximum Gasteiger partial charge on any atom is 0.262 e. The van der Waals surface area contributed by atoms with E-state index in [0.29, 0.717) is 5.69 Å². The van der Waals surface area contributed by atoms with Gasteiger partial charge < -0.3 is 10.1 Å². The molecule has 0 radical (unpaired) electrons. The SMILES string of the molecule is COCCONS(=O)(=O)c1ccc(NC(C)=O)cc1. The Hall–Kier alpha value is -1.48. The number of ether oxygens (including phenoxy) is 1. The van der Waals surface area contributed by atoms with Crippen molar-refractivity contribution in [1.82, 2.24) is 4.89 Å². The molecule has 1 aromatic rings. The van der Waals surface area contributed by atoms with E-state index in [1.807, 2.05) is 4.89 Å². The third-order valence-corrected chi connectivity index (χ3v) is 3.27. The number of methoxy groups -OCH3 is 1. The van der Waals surface area contributed by atoms with Gasteiger partial charge in [0.2, 0.25) is 5.91 Å². The largest absolute Gasteiger partial charge is 0.382 e. The van der Waals surface area contributed by atoms with Crippen molar-refractivity contribution >= 4 is 21.6 Å². The van der Waals surface area contributed by atoms with Gasteiger partial charge in [0.15, 0.2) is 0 Å². The number of hydrogen-bond donors (Lipinski definition) is 2. The zero-order valence-corrected chi connectivity index (χ0v) is 11.5. The Balaban J connectivity index is 2.65. The lowest BCUT2D eigenvalue weighted by atomic mass is 10.3. The second kappa shape index (κ2) is 7.19. The molecule has 8 heteroatoms. The van der Waals surface area contributed by atoms with Crippen LogP contribution in [0.4, 0.5) is 5.69 Å². The van der Waals surface area contributed by atoms with Gasteiger partial charge in [0.05, 0.1) is 18.1 Å². The normalized spacial score (nSPS) is 11.3. The molecular formula is C11H16N2O5S. The zero-order chi connectivity index (χ0) is 14.3. The summed E-state index contributed by atoms with van der Waals surface area (Å²) < 4.78 is 28.2. The number of rotatable bonds is 7. The summed E-state index contributed by atoms with van der Waals surface area (Å²) in [4.78, 5) is 17.6. The van der Waals surface area contributed by atoms with Crippen LogP contribution in [0.2, 0.25) is 0 Å². The number of sulfonamides is 1. The maximum atomic E-state index is 11.8. The van der Waals surface area contributed by atoms with Gasteiger partial charge in [-0.15, -0.1) is 0 Å². The Labute approximate surface area is 111 Å². The van der Waals surface area contributed by atoms with Crippen LogP contribution in [0.5, 0.6) is 0 Å². The van der Waals surface area contributed by atoms with Crippen LogP contribution in [0, 0.1) is 0 Å². The van der Waals surface area contributed by atoms with Gasteiger partial charge in [0.1, 0.15) is 0 Å². The third kappa shape index (κ3) is 5.35. The molecule has 1 rings (SSSR count). The second-order valence-corrected chi connectivity index (χ2v) is 5.28. The van der Waals surface area contributed by atoms with Gasteiger partial charge in [0, 0.05) is 19.7 Å². The minimum Gasteiger partial charge on any atom is -0.382 e.